The molecule has 1 atom stereocenters. The molecule has 0 aliphatic carbocycles. The van der Waals surface area contributed by atoms with Crippen molar-refractivity contribution < 1.29 is 23.1 Å². The lowest BCUT2D eigenvalue weighted by atomic mass is 10.1. The van der Waals surface area contributed by atoms with E-state index in [2.05, 4.69) is 4.74 Å². The molecule has 1 saturated heterocycles. The molecule has 1 aliphatic heterocycles. The van der Waals surface area contributed by atoms with Gasteiger partial charge in [0.15, 0.2) is 0 Å². The van der Waals surface area contributed by atoms with Crippen LogP contribution in [0.3, 0.4) is 0 Å². The van der Waals surface area contributed by atoms with Crippen LogP contribution in [-0.4, -0.2) is 50.1 Å². The van der Waals surface area contributed by atoms with Crippen LogP contribution in [0.4, 0.5) is 0 Å². The van der Waals surface area contributed by atoms with Crippen LogP contribution in [0.15, 0.2) is 24.3 Å². The third-order valence-corrected chi connectivity index (χ3v) is 5.03. The third-order valence-electron chi connectivity index (χ3n) is 3.22. The number of carbonyl (C=O) groups excluding carboxylic acids is 1. The molecule has 0 bridgehead atoms. The molecule has 0 unspecified atom stereocenters. The maximum atomic E-state index is 12.2. The summed E-state index contributed by atoms with van der Waals surface area (Å²) in [4.78, 5) is 11.4. The molecule has 6 nitrogen and oxygen atoms in total. The van der Waals surface area contributed by atoms with E-state index >= 15 is 0 Å². The molecule has 2 rings (SSSR count). The number of aliphatic hydroxyl groups excluding tert-OH is 1. The highest BCUT2D eigenvalue weighted by Crippen LogP contribution is 2.18. The van der Waals surface area contributed by atoms with E-state index in [0.29, 0.717) is 24.1 Å². The number of nitrogens with zero attached hydrogens (tertiary/aromatic N) is 1. The van der Waals surface area contributed by atoms with E-state index in [-0.39, 0.29) is 12.3 Å². The topological polar surface area (TPSA) is 83.9 Å². The largest absolute Gasteiger partial charge is 0.465 e. The zero-order valence-electron chi connectivity index (χ0n) is 11.2. The second-order valence-corrected chi connectivity index (χ2v) is 6.72. The Balaban J connectivity index is 2.15. The zero-order chi connectivity index (χ0) is 14.8. The first-order valence-corrected chi connectivity index (χ1v) is 7.86. The minimum Gasteiger partial charge on any atom is -0.465 e. The van der Waals surface area contributed by atoms with Gasteiger partial charge in [0.1, 0.15) is 0 Å². The molecule has 1 fully saturated rings. The second kappa shape index (κ2) is 5.90. The number of β-amino-alcohol motifs (C(OH)–C–C–N with tert-alkyl or cyclic N) is 1. The number of ether oxygens (including phenoxy) is 1. The summed E-state index contributed by atoms with van der Waals surface area (Å²) in [5, 5.41) is 9.41. The van der Waals surface area contributed by atoms with Crippen molar-refractivity contribution in [2.75, 3.05) is 20.2 Å². The summed E-state index contributed by atoms with van der Waals surface area (Å²) in [7, 11) is -2.20. The smallest absolute Gasteiger partial charge is 0.337 e. The van der Waals surface area contributed by atoms with E-state index in [1.54, 1.807) is 18.2 Å². The normalized spacial score (nSPS) is 20.0. The molecule has 0 amide bonds. The van der Waals surface area contributed by atoms with Gasteiger partial charge in [-0.15, -0.1) is 0 Å². The zero-order valence-corrected chi connectivity index (χ0v) is 12.0. The molecule has 1 N–H and O–H groups in total. The van der Waals surface area contributed by atoms with Gasteiger partial charge in [0.2, 0.25) is 10.0 Å². The predicted octanol–water partition coefficient (Wildman–Crippen LogP) is 0.370. The SMILES string of the molecule is COC(=O)c1cccc(CS(=O)(=O)N2CC[C@@H](O)C2)c1. The van der Waals surface area contributed by atoms with Crippen LogP contribution < -0.4 is 0 Å². The fourth-order valence-corrected chi connectivity index (χ4v) is 3.74. The Morgan fingerprint density at radius 3 is 2.85 bits per heavy atom. The van der Waals surface area contributed by atoms with Gasteiger partial charge in [-0.1, -0.05) is 12.1 Å². The van der Waals surface area contributed by atoms with Gasteiger partial charge in [-0.05, 0) is 24.1 Å². The number of methoxy groups -OCH3 is 1. The monoisotopic (exact) mass is 299 g/mol. The quantitative estimate of drug-likeness (QED) is 0.812. The van der Waals surface area contributed by atoms with Gasteiger partial charge < -0.3 is 9.84 Å². The Kier molecular flexibility index (Phi) is 4.42. The number of carbonyl (C=O) groups is 1. The maximum absolute atomic E-state index is 12.2. The lowest BCUT2D eigenvalue weighted by molar-refractivity contribution is 0.0600. The summed E-state index contributed by atoms with van der Waals surface area (Å²) in [6.07, 6.45) is -0.132. The van der Waals surface area contributed by atoms with Crippen LogP contribution in [0.1, 0.15) is 22.3 Å². The van der Waals surface area contributed by atoms with E-state index < -0.39 is 22.1 Å². The first kappa shape index (κ1) is 15.0. The molecular formula is C13H17NO5S. The first-order chi connectivity index (χ1) is 9.42. The first-order valence-electron chi connectivity index (χ1n) is 6.25. The highest BCUT2D eigenvalue weighted by Gasteiger charge is 2.30. The van der Waals surface area contributed by atoms with E-state index in [0.717, 1.165) is 0 Å². The Hall–Kier alpha value is -1.44. The standard InChI is InChI=1S/C13H17NO5S/c1-19-13(16)11-4-2-3-10(7-11)9-20(17,18)14-6-5-12(15)8-14/h2-4,7,12,15H,5-6,8-9H2,1H3/t12-/m1/s1. The number of esters is 1. The molecule has 0 spiro atoms. The van der Waals surface area contributed by atoms with Crippen molar-refractivity contribution >= 4 is 16.0 Å². The number of benzene rings is 1. The van der Waals surface area contributed by atoms with Crippen molar-refractivity contribution in [2.24, 2.45) is 0 Å². The minimum absolute atomic E-state index is 0.138. The number of rotatable bonds is 4. The lowest BCUT2D eigenvalue weighted by Crippen LogP contribution is -2.30. The third kappa shape index (κ3) is 3.36. The molecule has 110 valence electrons. The summed E-state index contributed by atoms with van der Waals surface area (Å²) in [5.41, 5.74) is 0.843. The van der Waals surface area contributed by atoms with Crippen molar-refractivity contribution in [1.82, 2.24) is 4.31 Å². The number of hydrogen-bond donors (Lipinski definition) is 1. The van der Waals surface area contributed by atoms with Crippen molar-refractivity contribution in [3.05, 3.63) is 35.4 Å². The van der Waals surface area contributed by atoms with E-state index in [9.17, 15) is 18.3 Å². The predicted molar refractivity (Wildman–Crippen MR) is 72.6 cm³/mol. The summed E-state index contributed by atoms with van der Waals surface area (Å²) < 4.78 is 30.3. The second-order valence-electron chi connectivity index (χ2n) is 4.75. The van der Waals surface area contributed by atoms with E-state index in [1.807, 2.05) is 0 Å². The summed E-state index contributed by atoms with van der Waals surface area (Å²) in [6, 6.07) is 6.35. The van der Waals surface area contributed by atoms with Gasteiger partial charge >= 0.3 is 5.97 Å². The Labute approximate surface area is 118 Å². The average Bonchev–Trinajstić information content (AvgIpc) is 2.85. The van der Waals surface area contributed by atoms with Crippen molar-refractivity contribution in [3.63, 3.8) is 0 Å². The van der Waals surface area contributed by atoms with Gasteiger partial charge in [0.25, 0.3) is 0 Å². The molecular weight excluding hydrogens is 282 g/mol. The molecule has 1 aromatic rings. The molecule has 0 radical (unpaired) electrons. The minimum atomic E-state index is -3.47. The lowest BCUT2D eigenvalue weighted by Gasteiger charge is -2.15. The summed E-state index contributed by atoms with van der Waals surface area (Å²) in [6.45, 7) is 0.471. The van der Waals surface area contributed by atoms with E-state index in [1.165, 1.54) is 17.5 Å². The molecule has 7 heteroatoms. The number of aliphatic hydroxyl groups is 1. The van der Waals surface area contributed by atoms with Crippen LogP contribution in [0, 0.1) is 0 Å². The van der Waals surface area contributed by atoms with Crippen molar-refractivity contribution in [3.8, 4) is 0 Å². The summed E-state index contributed by atoms with van der Waals surface area (Å²) in [5.74, 6) is -0.689. The van der Waals surface area contributed by atoms with Gasteiger partial charge in [-0.2, -0.15) is 4.31 Å². The van der Waals surface area contributed by atoms with Crippen LogP contribution in [0.2, 0.25) is 0 Å². The number of hydrogen-bond acceptors (Lipinski definition) is 5. The average molecular weight is 299 g/mol. The highest BCUT2D eigenvalue weighted by atomic mass is 32.2. The maximum Gasteiger partial charge on any atom is 0.337 e. The fraction of sp³-hybridized carbons (Fsp3) is 0.462. The highest BCUT2D eigenvalue weighted by molar-refractivity contribution is 7.88. The van der Waals surface area contributed by atoms with Crippen LogP contribution >= 0.6 is 0 Å². The Morgan fingerprint density at radius 2 is 2.25 bits per heavy atom. The Bertz CT molecular complexity index is 599. The van der Waals surface area contributed by atoms with E-state index in [4.69, 9.17) is 0 Å². The summed E-state index contributed by atoms with van der Waals surface area (Å²) >= 11 is 0. The molecule has 20 heavy (non-hydrogen) atoms. The van der Waals surface area contributed by atoms with Crippen LogP contribution in [0.5, 0.6) is 0 Å². The Morgan fingerprint density at radius 1 is 1.50 bits per heavy atom. The molecule has 0 aromatic heterocycles. The molecule has 1 aliphatic rings. The molecule has 0 saturated carbocycles. The van der Waals surface area contributed by atoms with Gasteiger partial charge in [0, 0.05) is 13.1 Å². The van der Waals surface area contributed by atoms with Gasteiger partial charge in [-0.3, -0.25) is 0 Å². The fourth-order valence-electron chi connectivity index (χ4n) is 2.17. The van der Waals surface area contributed by atoms with Crippen molar-refractivity contribution in [1.29, 1.82) is 0 Å². The molecule has 1 heterocycles. The van der Waals surface area contributed by atoms with Crippen LogP contribution in [-0.2, 0) is 20.5 Å². The van der Waals surface area contributed by atoms with Gasteiger partial charge in [-0.25, -0.2) is 13.2 Å². The van der Waals surface area contributed by atoms with Gasteiger partial charge in [0.05, 0.1) is 24.5 Å². The van der Waals surface area contributed by atoms with Crippen LogP contribution in [0.25, 0.3) is 0 Å². The molecule has 1 aromatic carbocycles. The van der Waals surface area contributed by atoms with Crippen molar-refractivity contribution in [2.45, 2.75) is 18.3 Å². The number of sulfonamides is 1.